The smallest absolute Gasteiger partial charge is 0.366 e. The first-order valence-electron chi connectivity index (χ1n) is 9.59. The molecule has 0 aliphatic heterocycles. The summed E-state index contributed by atoms with van der Waals surface area (Å²) in [5.74, 6) is -2.13. The van der Waals surface area contributed by atoms with E-state index >= 15 is 0 Å². The number of pyridine rings is 1. The number of carbonyl (C=O) groups excluding carboxylic acids is 2. The predicted octanol–water partition coefficient (Wildman–Crippen LogP) is 5.41. The van der Waals surface area contributed by atoms with E-state index in [0.717, 1.165) is 5.56 Å². The number of anilines is 1. The minimum atomic E-state index is -4.85. The van der Waals surface area contributed by atoms with Crippen molar-refractivity contribution in [2.24, 2.45) is 5.73 Å². The highest BCUT2D eigenvalue weighted by atomic mass is 35.5. The van der Waals surface area contributed by atoms with Gasteiger partial charge in [-0.3, -0.25) is 9.59 Å². The highest BCUT2D eigenvalue weighted by Gasteiger charge is 2.37. The lowest BCUT2D eigenvalue weighted by atomic mass is 10.0. The molecule has 2 aromatic heterocycles. The molecule has 2 heterocycles. The third kappa shape index (κ3) is 4.29. The van der Waals surface area contributed by atoms with Crippen LogP contribution < -0.4 is 11.1 Å². The van der Waals surface area contributed by atoms with Crippen molar-refractivity contribution in [3.05, 3.63) is 81.2 Å². The number of hydrogen-bond acceptors (Lipinski definition) is 4. The Morgan fingerprint density at radius 2 is 1.85 bits per heavy atom. The van der Waals surface area contributed by atoms with E-state index in [9.17, 15) is 22.8 Å². The van der Waals surface area contributed by atoms with Gasteiger partial charge >= 0.3 is 6.18 Å². The molecule has 0 fully saturated rings. The lowest BCUT2D eigenvalue weighted by Gasteiger charge is -2.15. The Kier molecular flexibility index (Phi) is 5.96. The number of benzene rings is 2. The number of fused-ring (bicyclic) bond motifs is 1. The second-order valence-electron chi connectivity index (χ2n) is 7.29. The van der Waals surface area contributed by atoms with Crippen LogP contribution in [0.5, 0.6) is 0 Å². The van der Waals surface area contributed by atoms with Crippen molar-refractivity contribution < 1.29 is 22.8 Å². The van der Waals surface area contributed by atoms with Crippen molar-refractivity contribution in [3.8, 4) is 5.82 Å². The van der Waals surface area contributed by atoms with Crippen LogP contribution in [0.2, 0.25) is 10.0 Å². The molecule has 0 aliphatic carbocycles. The lowest BCUT2D eigenvalue weighted by Crippen LogP contribution is -2.21. The summed E-state index contributed by atoms with van der Waals surface area (Å²) in [6, 6.07) is 10.1. The van der Waals surface area contributed by atoms with Gasteiger partial charge in [0.1, 0.15) is 5.69 Å². The molecule has 2 aromatic carbocycles. The van der Waals surface area contributed by atoms with Crippen molar-refractivity contribution in [1.29, 1.82) is 0 Å². The summed E-state index contributed by atoms with van der Waals surface area (Å²) in [6.07, 6.45) is -3.57. The van der Waals surface area contributed by atoms with Crippen molar-refractivity contribution in [3.63, 3.8) is 0 Å². The van der Waals surface area contributed by atoms with E-state index in [-0.39, 0.29) is 27.1 Å². The molecule has 34 heavy (non-hydrogen) atoms. The maximum atomic E-state index is 13.4. The lowest BCUT2D eigenvalue weighted by molar-refractivity contribution is -0.141. The summed E-state index contributed by atoms with van der Waals surface area (Å²) in [5.41, 5.74) is 4.24. The number of nitrogens with two attached hydrogens (primary N) is 1. The van der Waals surface area contributed by atoms with Gasteiger partial charge in [-0.25, -0.2) is 9.67 Å². The normalized spacial score (nSPS) is 11.6. The second-order valence-corrected chi connectivity index (χ2v) is 8.07. The molecule has 2 amide bonds. The first-order valence-corrected chi connectivity index (χ1v) is 10.3. The minimum absolute atomic E-state index is 0.00220. The molecular weight excluding hydrogens is 494 g/mol. The Labute approximate surface area is 200 Å². The molecule has 0 atom stereocenters. The van der Waals surface area contributed by atoms with Crippen LogP contribution in [-0.4, -0.2) is 26.6 Å². The van der Waals surface area contributed by atoms with Gasteiger partial charge in [-0.2, -0.15) is 18.3 Å². The fourth-order valence-corrected chi connectivity index (χ4v) is 3.87. The molecule has 0 unspecified atom stereocenters. The Hall–Kier alpha value is -3.63. The van der Waals surface area contributed by atoms with Crippen LogP contribution in [0, 0.1) is 6.92 Å². The van der Waals surface area contributed by atoms with E-state index in [2.05, 4.69) is 15.4 Å². The summed E-state index contributed by atoms with van der Waals surface area (Å²) in [6.45, 7) is 1.84. The second kappa shape index (κ2) is 8.62. The third-order valence-electron chi connectivity index (χ3n) is 4.91. The third-order valence-corrected chi connectivity index (χ3v) is 5.60. The number of rotatable bonds is 4. The van der Waals surface area contributed by atoms with Gasteiger partial charge in [0.05, 0.1) is 21.3 Å². The Balaban J connectivity index is 1.87. The van der Waals surface area contributed by atoms with Crippen LogP contribution >= 0.6 is 23.2 Å². The first kappa shape index (κ1) is 23.5. The molecule has 174 valence electrons. The summed E-state index contributed by atoms with van der Waals surface area (Å²) in [5, 5.41) is 6.95. The molecular formula is C22H14Cl2F3N5O2. The molecule has 0 saturated carbocycles. The summed E-state index contributed by atoms with van der Waals surface area (Å²) in [7, 11) is 0. The van der Waals surface area contributed by atoms with Crippen molar-refractivity contribution >= 4 is 51.5 Å². The summed E-state index contributed by atoms with van der Waals surface area (Å²) < 4.78 is 40.8. The maximum absolute atomic E-state index is 13.4. The maximum Gasteiger partial charge on any atom is 0.435 e. The topological polar surface area (TPSA) is 103 Å². The van der Waals surface area contributed by atoms with Gasteiger partial charge in [0.15, 0.2) is 11.5 Å². The zero-order chi connectivity index (χ0) is 24.8. The number of nitrogens with one attached hydrogen (secondary N) is 1. The Morgan fingerprint density at radius 3 is 2.50 bits per heavy atom. The van der Waals surface area contributed by atoms with Crippen LogP contribution in [-0.2, 0) is 6.18 Å². The van der Waals surface area contributed by atoms with Crippen molar-refractivity contribution in [1.82, 2.24) is 14.8 Å². The molecule has 4 rings (SSSR count). The monoisotopic (exact) mass is 507 g/mol. The van der Waals surface area contributed by atoms with E-state index in [1.54, 1.807) is 18.2 Å². The molecule has 0 radical (unpaired) electrons. The van der Waals surface area contributed by atoms with Gasteiger partial charge in [-0.05, 0) is 30.5 Å². The molecule has 0 bridgehead atoms. The molecule has 0 aliphatic rings. The quantitative estimate of drug-likeness (QED) is 0.385. The average molecular weight is 508 g/mol. The molecule has 0 saturated heterocycles. The van der Waals surface area contributed by atoms with Crippen LogP contribution in [0.15, 0.2) is 48.7 Å². The van der Waals surface area contributed by atoms with E-state index in [0.29, 0.717) is 21.5 Å². The Morgan fingerprint density at radius 1 is 1.12 bits per heavy atom. The van der Waals surface area contributed by atoms with Crippen LogP contribution in [0.25, 0.3) is 16.6 Å². The fourth-order valence-electron chi connectivity index (χ4n) is 3.35. The molecule has 3 N–H and O–H groups in total. The molecule has 0 spiro atoms. The summed E-state index contributed by atoms with van der Waals surface area (Å²) >= 11 is 12.5. The SMILES string of the molecule is Cc1ccc2c(Cl)c(NC(=O)c3cc(C(F)(F)F)nn3-c3ncccc3Cl)c(C(N)=O)cc2c1. The molecule has 7 nitrogen and oxygen atoms in total. The van der Waals surface area contributed by atoms with E-state index in [1.165, 1.54) is 24.4 Å². The van der Waals surface area contributed by atoms with Crippen molar-refractivity contribution in [2.75, 3.05) is 5.32 Å². The minimum Gasteiger partial charge on any atom is -0.366 e. The number of aromatic nitrogens is 3. The van der Waals surface area contributed by atoms with Gasteiger partial charge in [0, 0.05) is 17.6 Å². The zero-order valence-corrected chi connectivity index (χ0v) is 18.8. The summed E-state index contributed by atoms with van der Waals surface area (Å²) in [4.78, 5) is 29.2. The van der Waals surface area contributed by atoms with Crippen LogP contribution in [0.3, 0.4) is 0 Å². The number of halogens is 5. The van der Waals surface area contributed by atoms with Crippen molar-refractivity contribution in [2.45, 2.75) is 13.1 Å². The number of nitrogens with zero attached hydrogens (tertiary/aromatic N) is 3. The van der Waals surface area contributed by atoms with Gasteiger partial charge in [-0.1, -0.05) is 47.0 Å². The van der Waals surface area contributed by atoms with Crippen LogP contribution in [0.4, 0.5) is 18.9 Å². The predicted molar refractivity (Wildman–Crippen MR) is 122 cm³/mol. The number of alkyl halides is 3. The number of hydrogen-bond donors (Lipinski definition) is 2. The molecule has 4 aromatic rings. The molecule has 12 heteroatoms. The zero-order valence-electron chi connectivity index (χ0n) is 17.2. The van der Waals surface area contributed by atoms with Gasteiger partial charge < -0.3 is 11.1 Å². The standard InChI is InChI=1S/C22H14Cl2F3N5O2/c1-10-4-5-12-11(7-10)8-13(19(28)33)18(17(12)24)30-21(34)15-9-16(22(25,26)27)31-32(15)20-14(23)3-2-6-29-20/h2-9H,1H3,(H2,28,33)(H,30,34). The number of primary amides is 1. The van der Waals surface area contributed by atoms with E-state index < -0.39 is 29.4 Å². The number of amides is 2. The van der Waals surface area contributed by atoms with Gasteiger partial charge in [-0.15, -0.1) is 0 Å². The number of carbonyl (C=O) groups is 2. The first-order chi connectivity index (χ1) is 16.0. The average Bonchev–Trinajstić information content (AvgIpc) is 3.21. The number of aryl methyl sites for hydroxylation is 1. The highest BCUT2D eigenvalue weighted by molar-refractivity contribution is 6.40. The van der Waals surface area contributed by atoms with Gasteiger partial charge in [0.25, 0.3) is 11.8 Å². The Bertz CT molecular complexity index is 1470. The van der Waals surface area contributed by atoms with Crippen LogP contribution in [0.1, 0.15) is 32.1 Å². The fraction of sp³-hybridized carbons (Fsp3) is 0.0909. The van der Waals surface area contributed by atoms with E-state index in [4.69, 9.17) is 28.9 Å². The highest BCUT2D eigenvalue weighted by Crippen LogP contribution is 2.36. The van der Waals surface area contributed by atoms with Gasteiger partial charge in [0.2, 0.25) is 0 Å². The van der Waals surface area contributed by atoms with E-state index in [1.807, 2.05) is 6.92 Å². The largest absolute Gasteiger partial charge is 0.435 e.